The van der Waals surface area contributed by atoms with Crippen LogP contribution >= 0.6 is 27.3 Å². The molecule has 0 spiro atoms. The van der Waals surface area contributed by atoms with Crippen molar-refractivity contribution in [2.24, 2.45) is 0 Å². The maximum atomic E-state index is 11.4. The van der Waals surface area contributed by atoms with Gasteiger partial charge in [-0.2, -0.15) is 0 Å². The molecule has 2 aromatic heterocycles. The molecular formula is C15H11BrO3S. The Morgan fingerprint density at radius 3 is 2.85 bits per heavy atom. The van der Waals surface area contributed by atoms with Gasteiger partial charge in [0.2, 0.25) is 0 Å². The number of halogens is 1. The van der Waals surface area contributed by atoms with Crippen LogP contribution in [0.1, 0.15) is 10.4 Å². The summed E-state index contributed by atoms with van der Waals surface area (Å²) >= 11 is 5.05. The molecule has 3 nitrogen and oxygen atoms in total. The van der Waals surface area contributed by atoms with Gasteiger partial charge in [-0.3, -0.25) is 0 Å². The molecule has 3 rings (SSSR count). The molecule has 0 saturated heterocycles. The molecule has 0 unspecified atom stereocenters. The molecule has 5 heteroatoms. The number of hydrogen-bond acceptors (Lipinski definition) is 4. The topological polar surface area (TPSA) is 39.4 Å². The van der Waals surface area contributed by atoms with Crippen LogP contribution in [0.2, 0.25) is 0 Å². The summed E-state index contributed by atoms with van der Waals surface area (Å²) in [7, 11) is 0. The van der Waals surface area contributed by atoms with E-state index >= 15 is 0 Å². The van der Waals surface area contributed by atoms with E-state index in [0.29, 0.717) is 17.9 Å². The molecule has 1 aromatic carbocycles. The lowest BCUT2D eigenvalue weighted by Crippen LogP contribution is -1.98. The van der Waals surface area contributed by atoms with Gasteiger partial charge in [0, 0.05) is 22.4 Å². The molecule has 0 aliphatic heterocycles. The Bertz CT molecular complexity index is 819. The zero-order valence-corrected chi connectivity index (χ0v) is 13.1. The smallest absolute Gasteiger partial charge is 0.336 e. The summed E-state index contributed by atoms with van der Waals surface area (Å²) in [5.41, 5.74) is 1.12. The fourth-order valence-corrected chi connectivity index (χ4v) is 3.38. The monoisotopic (exact) mass is 350 g/mol. The summed E-state index contributed by atoms with van der Waals surface area (Å²) in [6.07, 6.45) is 0. The molecule has 0 atom stereocenters. The van der Waals surface area contributed by atoms with Crippen LogP contribution in [-0.2, 0) is 6.61 Å². The van der Waals surface area contributed by atoms with E-state index in [1.807, 2.05) is 31.2 Å². The highest BCUT2D eigenvalue weighted by Crippen LogP contribution is 2.25. The Morgan fingerprint density at radius 1 is 1.25 bits per heavy atom. The maximum absolute atomic E-state index is 11.4. The van der Waals surface area contributed by atoms with E-state index in [1.165, 1.54) is 6.07 Å². The highest BCUT2D eigenvalue weighted by Gasteiger charge is 2.05. The van der Waals surface area contributed by atoms with Crippen LogP contribution in [0.3, 0.4) is 0 Å². The number of fused-ring (bicyclic) bond motifs is 1. The molecule has 0 amide bonds. The molecule has 0 N–H and O–H groups in total. The van der Waals surface area contributed by atoms with Crippen LogP contribution in [0.4, 0.5) is 0 Å². The molecule has 0 radical (unpaired) electrons. The number of rotatable bonds is 3. The first-order valence-corrected chi connectivity index (χ1v) is 7.64. The van der Waals surface area contributed by atoms with Crippen LogP contribution in [0.25, 0.3) is 11.0 Å². The van der Waals surface area contributed by atoms with Crippen LogP contribution in [0.15, 0.2) is 49.4 Å². The second-order valence-electron chi connectivity index (χ2n) is 4.40. The third kappa shape index (κ3) is 2.78. The Labute approximate surface area is 127 Å². The molecule has 0 aliphatic carbocycles. The fraction of sp³-hybridized carbons (Fsp3) is 0.133. The van der Waals surface area contributed by atoms with Crippen LogP contribution in [0, 0.1) is 6.92 Å². The molecule has 0 saturated carbocycles. The Morgan fingerprint density at radius 2 is 2.10 bits per heavy atom. The van der Waals surface area contributed by atoms with E-state index in [1.54, 1.807) is 17.4 Å². The number of thiophene rings is 1. The first kappa shape index (κ1) is 13.4. The van der Waals surface area contributed by atoms with Gasteiger partial charge >= 0.3 is 5.63 Å². The van der Waals surface area contributed by atoms with E-state index in [9.17, 15) is 4.79 Å². The first-order valence-electron chi connectivity index (χ1n) is 6.03. The number of benzene rings is 1. The third-order valence-electron chi connectivity index (χ3n) is 2.93. The van der Waals surface area contributed by atoms with E-state index in [2.05, 4.69) is 15.9 Å². The minimum absolute atomic E-state index is 0.339. The lowest BCUT2D eigenvalue weighted by Gasteiger charge is -2.06. The zero-order chi connectivity index (χ0) is 14.1. The van der Waals surface area contributed by atoms with Gasteiger partial charge in [-0.1, -0.05) is 0 Å². The number of hydrogen-bond donors (Lipinski definition) is 0. The highest BCUT2D eigenvalue weighted by molar-refractivity contribution is 9.11. The molecular weight excluding hydrogens is 340 g/mol. The average Bonchev–Trinajstić information content (AvgIpc) is 2.81. The van der Waals surface area contributed by atoms with Crippen molar-refractivity contribution in [3.8, 4) is 5.75 Å². The lowest BCUT2D eigenvalue weighted by atomic mass is 10.1. The van der Waals surface area contributed by atoms with E-state index in [0.717, 1.165) is 19.6 Å². The highest BCUT2D eigenvalue weighted by atomic mass is 79.9. The molecule has 0 bridgehead atoms. The average molecular weight is 351 g/mol. The van der Waals surface area contributed by atoms with Crippen molar-refractivity contribution >= 4 is 38.2 Å². The molecule has 0 fully saturated rings. The predicted octanol–water partition coefficient (Wildman–Crippen LogP) is 4.50. The molecule has 3 aromatic rings. The summed E-state index contributed by atoms with van der Waals surface area (Å²) in [5.74, 6) is 0.691. The summed E-state index contributed by atoms with van der Waals surface area (Å²) in [4.78, 5) is 12.5. The first-order chi connectivity index (χ1) is 9.61. The summed E-state index contributed by atoms with van der Waals surface area (Å²) in [6, 6.07) is 11.1. The number of aryl methyl sites for hydroxylation is 1. The van der Waals surface area contributed by atoms with Crippen molar-refractivity contribution in [3.05, 3.63) is 61.0 Å². The maximum Gasteiger partial charge on any atom is 0.336 e. The van der Waals surface area contributed by atoms with Gasteiger partial charge in [0.15, 0.2) is 0 Å². The lowest BCUT2D eigenvalue weighted by molar-refractivity contribution is 0.309. The molecule has 102 valence electrons. The van der Waals surface area contributed by atoms with E-state index < -0.39 is 0 Å². The van der Waals surface area contributed by atoms with E-state index in [-0.39, 0.29) is 5.63 Å². The van der Waals surface area contributed by atoms with Crippen molar-refractivity contribution in [3.63, 3.8) is 0 Å². The van der Waals surface area contributed by atoms with Crippen molar-refractivity contribution < 1.29 is 9.15 Å². The van der Waals surface area contributed by atoms with Crippen LogP contribution < -0.4 is 10.4 Å². The second-order valence-corrected chi connectivity index (χ2v) is 6.95. The minimum Gasteiger partial charge on any atom is -0.488 e. The van der Waals surface area contributed by atoms with E-state index in [4.69, 9.17) is 9.15 Å². The predicted molar refractivity (Wildman–Crippen MR) is 83.6 cm³/mol. The van der Waals surface area contributed by atoms with Gasteiger partial charge in [0.1, 0.15) is 17.9 Å². The molecule has 0 aliphatic rings. The normalized spacial score (nSPS) is 10.9. The van der Waals surface area contributed by atoms with Crippen molar-refractivity contribution in [2.45, 2.75) is 13.5 Å². The van der Waals surface area contributed by atoms with Crippen LogP contribution in [0.5, 0.6) is 5.75 Å². The number of ether oxygens (including phenoxy) is 1. The molecule has 2 heterocycles. The van der Waals surface area contributed by atoms with Gasteiger partial charge in [-0.15, -0.1) is 11.3 Å². The van der Waals surface area contributed by atoms with Gasteiger partial charge in [-0.05, 0) is 52.7 Å². The Hall–Kier alpha value is -1.59. The fourth-order valence-electron chi connectivity index (χ4n) is 1.98. The van der Waals surface area contributed by atoms with Crippen LogP contribution in [-0.4, -0.2) is 0 Å². The van der Waals surface area contributed by atoms with Crippen molar-refractivity contribution in [1.29, 1.82) is 0 Å². The second kappa shape index (κ2) is 5.42. The standard InChI is InChI=1S/C15H11BrO3S/c1-9-6-15(17)19-13-7-10(2-4-12(9)13)18-8-11-3-5-14(16)20-11/h2-7H,8H2,1H3. The summed E-state index contributed by atoms with van der Waals surface area (Å²) < 4.78 is 12.0. The summed E-state index contributed by atoms with van der Waals surface area (Å²) in [5, 5.41) is 0.927. The quantitative estimate of drug-likeness (QED) is 0.652. The van der Waals surface area contributed by atoms with Gasteiger partial charge in [0.25, 0.3) is 0 Å². The Kier molecular flexibility index (Phi) is 3.63. The Balaban J connectivity index is 1.87. The van der Waals surface area contributed by atoms with Gasteiger partial charge in [0.05, 0.1) is 3.79 Å². The summed E-state index contributed by atoms with van der Waals surface area (Å²) in [6.45, 7) is 2.39. The molecule has 20 heavy (non-hydrogen) atoms. The largest absolute Gasteiger partial charge is 0.488 e. The van der Waals surface area contributed by atoms with Crippen molar-refractivity contribution in [1.82, 2.24) is 0 Å². The zero-order valence-electron chi connectivity index (χ0n) is 10.7. The van der Waals surface area contributed by atoms with Crippen molar-refractivity contribution in [2.75, 3.05) is 0 Å². The SMILES string of the molecule is Cc1cc(=O)oc2cc(OCc3ccc(Br)s3)ccc12. The minimum atomic E-state index is -0.339. The van der Waals surface area contributed by atoms with Gasteiger partial charge in [-0.25, -0.2) is 4.79 Å². The van der Waals surface area contributed by atoms with Gasteiger partial charge < -0.3 is 9.15 Å². The third-order valence-corrected chi connectivity index (χ3v) is 4.53.